The minimum Gasteiger partial charge on any atom is -0.493 e. The zero-order chi connectivity index (χ0) is 18.7. The summed E-state index contributed by atoms with van der Waals surface area (Å²) in [5.41, 5.74) is 0.848. The summed E-state index contributed by atoms with van der Waals surface area (Å²) in [7, 11) is 3.05. The van der Waals surface area contributed by atoms with Gasteiger partial charge in [-0.25, -0.2) is 0 Å². The first-order chi connectivity index (χ1) is 12.6. The highest BCUT2D eigenvalue weighted by atomic mass is 16.5. The summed E-state index contributed by atoms with van der Waals surface area (Å²) >= 11 is 0. The van der Waals surface area contributed by atoms with E-state index in [2.05, 4.69) is 0 Å². The van der Waals surface area contributed by atoms with E-state index in [-0.39, 0.29) is 24.8 Å². The number of carbonyl (C=O) groups is 2. The molecule has 2 aromatic rings. The van der Waals surface area contributed by atoms with Gasteiger partial charge in [0.2, 0.25) is 0 Å². The summed E-state index contributed by atoms with van der Waals surface area (Å²) in [6.45, 7) is 2.05. The van der Waals surface area contributed by atoms with E-state index in [1.165, 1.54) is 14.2 Å². The Morgan fingerprint density at radius 1 is 1.08 bits per heavy atom. The zero-order valence-electron chi connectivity index (χ0n) is 15.2. The maximum atomic E-state index is 13.1. The van der Waals surface area contributed by atoms with Gasteiger partial charge in [0.05, 0.1) is 20.8 Å². The van der Waals surface area contributed by atoms with Crippen LogP contribution >= 0.6 is 0 Å². The molecule has 0 radical (unpaired) electrons. The lowest BCUT2D eigenvalue weighted by atomic mass is 9.65. The van der Waals surface area contributed by atoms with E-state index in [1.807, 2.05) is 30.3 Å². The smallest absolute Gasteiger partial charge is 0.321 e. The van der Waals surface area contributed by atoms with Crippen molar-refractivity contribution in [2.75, 3.05) is 20.8 Å². The van der Waals surface area contributed by atoms with Crippen molar-refractivity contribution in [2.45, 2.75) is 25.2 Å². The number of hydrogen-bond acceptors (Lipinski definition) is 5. The summed E-state index contributed by atoms with van der Waals surface area (Å²) in [4.78, 5) is 25.7. The van der Waals surface area contributed by atoms with Gasteiger partial charge in [0.15, 0.2) is 17.3 Å². The molecule has 0 saturated heterocycles. The molecule has 0 saturated carbocycles. The lowest BCUT2D eigenvalue weighted by Gasteiger charge is -2.37. The monoisotopic (exact) mass is 354 g/mol. The van der Waals surface area contributed by atoms with Crippen molar-refractivity contribution in [3.05, 3.63) is 59.2 Å². The van der Waals surface area contributed by atoms with Crippen LogP contribution < -0.4 is 9.47 Å². The summed E-state index contributed by atoms with van der Waals surface area (Å²) < 4.78 is 16.2. The van der Waals surface area contributed by atoms with E-state index >= 15 is 0 Å². The Morgan fingerprint density at radius 3 is 2.35 bits per heavy atom. The zero-order valence-corrected chi connectivity index (χ0v) is 15.2. The van der Waals surface area contributed by atoms with Crippen molar-refractivity contribution in [1.29, 1.82) is 0 Å². The maximum absolute atomic E-state index is 13.1. The molecule has 0 spiro atoms. The van der Waals surface area contributed by atoms with Gasteiger partial charge in [-0.15, -0.1) is 0 Å². The Bertz CT molecular complexity index is 828. The number of methoxy groups -OCH3 is 2. The molecule has 0 unspecified atom stereocenters. The van der Waals surface area contributed by atoms with Crippen molar-refractivity contribution >= 4 is 11.8 Å². The van der Waals surface area contributed by atoms with E-state index in [1.54, 1.807) is 19.1 Å². The largest absolute Gasteiger partial charge is 0.493 e. The average Bonchev–Trinajstić information content (AvgIpc) is 2.68. The van der Waals surface area contributed by atoms with E-state index in [0.29, 0.717) is 29.0 Å². The lowest BCUT2D eigenvalue weighted by molar-refractivity contribution is -0.148. The van der Waals surface area contributed by atoms with Gasteiger partial charge in [-0.2, -0.15) is 0 Å². The molecule has 0 aliphatic heterocycles. The van der Waals surface area contributed by atoms with Crippen LogP contribution in [0.2, 0.25) is 0 Å². The highest BCUT2D eigenvalue weighted by Gasteiger charge is 2.48. The molecule has 5 heteroatoms. The van der Waals surface area contributed by atoms with Gasteiger partial charge in [0.25, 0.3) is 0 Å². The number of esters is 1. The first-order valence-electron chi connectivity index (χ1n) is 8.61. The van der Waals surface area contributed by atoms with Gasteiger partial charge in [-0.3, -0.25) is 9.59 Å². The van der Waals surface area contributed by atoms with Gasteiger partial charge >= 0.3 is 5.97 Å². The SMILES string of the molecule is CCOC(=O)[C@@]1(c2ccccc2)CCC(=O)c2cc(OC)c(OC)cc21. The molecule has 0 bridgehead atoms. The van der Waals surface area contributed by atoms with Crippen LogP contribution in [0.4, 0.5) is 0 Å². The van der Waals surface area contributed by atoms with Gasteiger partial charge < -0.3 is 14.2 Å². The van der Waals surface area contributed by atoms with Crippen LogP contribution in [0, 0.1) is 0 Å². The molecule has 5 nitrogen and oxygen atoms in total. The van der Waals surface area contributed by atoms with E-state index < -0.39 is 5.41 Å². The summed E-state index contributed by atoms with van der Waals surface area (Å²) in [6, 6.07) is 12.8. The van der Waals surface area contributed by atoms with Crippen molar-refractivity contribution in [2.24, 2.45) is 0 Å². The van der Waals surface area contributed by atoms with E-state index in [0.717, 1.165) is 5.56 Å². The first-order valence-corrected chi connectivity index (χ1v) is 8.61. The fourth-order valence-corrected chi connectivity index (χ4v) is 3.64. The third-order valence-corrected chi connectivity index (χ3v) is 4.90. The third-order valence-electron chi connectivity index (χ3n) is 4.90. The van der Waals surface area contributed by atoms with Crippen LogP contribution in [0.5, 0.6) is 11.5 Å². The average molecular weight is 354 g/mol. The molecule has 1 atom stereocenters. The minimum absolute atomic E-state index is 0.0168. The standard InChI is InChI=1S/C21H22O5/c1-4-26-20(23)21(14-8-6-5-7-9-14)11-10-17(22)15-12-18(24-2)19(25-3)13-16(15)21/h5-9,12-13H,4,10-11H2,1-3H3/t21-/m1/s1. The Hall–Kier alpha value is -2.82. The number of ether oxygens (including phenoxy) is 3. The van der Waals surface area contributed by atoms with Crippen LogP contribution in [-0.2, 0) is 14.9 Å². The fourth-order valence-electron chi connectivity index (χ4n) is 3.64. The minimum atomic E-state index is -1.04. The Balaban J connectivity index is 2.33. The Morgan fingerprint density at radius 2 is 1.73 bits per heavy atom. The predicted octanol–water partition coefficient (Wildman–Crippen LogP) is 3.53. The number of benzene rings is 2. The lowest BCUT2D eigenvalue weighted by Crippen LogP contribution is -2.43. The van der Waals surface area contributed by atoms with Crippen molar-refractivity contribution in [1.82, 2.24) is 0 Å². The van der Waals surface area contributed by atoms with Crippen molar-refractivity contribution in [3.63, 3.8) is 0 Å². The molecule has 26 heavy (non-hydrogen) atoms. The molecular weight excluding hydrogens is 332 g/mol. The topological polar surface area (TPSA) is 61.8 Å². The van der Waals surface area contributed by atoms with Crippen LogP contribution in [0.1, 0.15) is 41.3 Å². The summed E-state index contributed by atoms with van der Waals surface area (Å²) in [5, 5.41) is 0. The van der Waals surface area contributed by atoms with E-state index in [4.69, 9.17) is 14.2 Å². The van der Waals surface area contributed by atoms with Gasteiger partial charge in [0.1, 0.15) is 5.41 Å². The molecular formula is C21H22O5. The molecule has 1 aliphatic carbocycles. The molecule has 1 aliphatic rings. The molecule has 136 valence electrons. The normalized spacial score (nSPS) is 18.8. The molecule has 2 aromatic carbocycles. The number of hydrogen-bond donors (Lipinski definition) is 0. The fraction of sp³-hybridized carbons (Fsp3) is 0.333. The summed E-state index contributed by atoms with van der Waals surface area (Å²) in [5.74, 6) is 0.571. The molecule has 0 amide bonds. The molecule has 0 heterocycles. The number of fused-ring (bicyclic) bond motifs is 1. The van der Waals surface area contributed by atoms with Gasteiger partial charge in [-0.05, 0) is 36.6 Å². The van der Waals surface area contributed by atoms with Crippen molar-refractivity contribution < 1.29 is 23.8 Å². The highest BCUT2D eigenvalue weighted by Crippen LogP contribution is 2.47. The number of carbonyl (C=O) groups excluding carboxylic acids is 2. The molecule has 0 aromatic heterocycles. The van der Waals surface area contributed by atoms with E-state index in [9.17, 15) is 9.59 Å². The van der Waals surface area contributed by atoms with Crippen LogP contribution in [0.15, 0.2) is 42.5 Å². The van der Waals surface area contributed by atoms with Crippen LogP contribution in [0.25, 0.3) is 0 Å². The quantitative estimate of drug-likeness (QED) is 0.769. The summed E-state index contributed by atoms with van der Waals surface area (Å²) in [6.07, 6.45) is 0.618. The molecule has 3 rings (SSSR count). The number of rotatable bonds is 5. The number of Topliss-reactive ketones (excluding diaryl/α,β-unsaturated/α-hetero) is 1. The Labute approximate surface area is 152 Å². The Kier molecular flexibility index (Phi) is 4.98. The van der Waals surface area contributed by atoms with Gasteiger partial charge in [-0.1, -0.05) is 30.3 Å². The second-order valence-electron chi connectivity index (χ2n) is 6.17. The van der Waals surface area contributed by atoms with Crippen LogP contribution in [0.3, 0.4) is 0 Å². The first kappa shape index (κ1) is 18.0. The number of ketones is 1. The molecule has 0 fully saturated rings. The molecule has 0 N–H and O–H groups in total. The third kappa shape index (κ3) is 2.73. The predicted molar refractivity (Wildman–Crippen MR) is 97.0 cm³/mol. The van der Waals surface area contributed by atoms with Crippen LogP contribution in [-0.4, -0.2) is 32.6 Å². The van der Waals surface area contributed by atoms with Gasteiger partial charge in [0, 0.05) is 12.0 Å². The second kappa shape index (κ2) is 7.20. The highest BCUT2D eigenvalue weighted by molar-refractivity contribution is 6.04. The van der Waals surface area contributed by atoms with Crippen molar-refractivity contribution in [3.8, 4) is 11.5 Å². The second-order valence-corrected chi connectivity index (χ2v) is 6.17. The maximum Gasteiger partial charge on any atom is 0.321 e.